The zero-order valence-electron chi connectivity index (χ0n) is 9.51. The summed E-state index contributed by atoms with van der Waals surface area (Å²) in [7, 11) is 0. The van der Waals surface area contributed by atoms with Crippen LogP contribution in [0.1, 0.15) is 18.4 Å². The van der Waals surface area contributed by atoms with Gasteiger partial charge in [-0.3, -0.25) is 0 Å². The smallest absolute Gasteiger partial charge is 0.127 e. The second-order valence-electron chi connectivity index (χ2n) is 5.18. The summed E-state index contributed by atoms with van der Waals surface area (Å²) in [5, 5.41) is 0. The van der Waals surface area contributed by atoms with Crippen molar-refractivity contribution in [2.75, 3.05) is 19.8 Å². The molecule has 0 amide bonds. The van der Waals surface area contributed by atoms with Gasteiger partial charge >= 0.3 is 0 Å². The number of rotatable bonds is 3. The molecule has 2 fully saturated rings. The molecule has 1 aliphatic heterocycles. The van der Waals surface area contributed by atoms with Gasteiger partial charge in [0.05, 0.1) is 18.6 Å². The number of hydrogen-bond acceptors (Lipinski definition) is 2. The van der Waals surface area contributed by atoms with E-state index in [0.29, 0.717) is 19.8 Å². The summed E-state index contributed by atoms with van der Waals surface area (Å²) in [5.41, 5.74) is 6.53. The van der Waals surface area contributed by atoms with Crippen LogP contribution in [0.3, 0.4) is 0 Å². The molecule has 1 aromatic carbocycles. The van der Waals surface area contributed by atoms with E-state index in [1.54, 1.807) is 6.07 Å². The number of nitrogens with two attached hydrogens (primary N) is 1. The molecule has 1 saturated heterocycles. The van der Waals surface area contributed by atoms with Crippen molar-refractivity contribution in [1.29, 1.82) is 0 Å². The standard InChI is InChI=1S/C13H15BrFNO/c14-9-1-2-11(15)10(5-9)13(7-17-8-13)12(6-16)3-4-12/h1-2,5H,3-4,6-8,16H2. The third kappa shape index (κ3) is 1.51. The van der Waals surface area contributed by atoms with Crippen molar-refractivity contribution in [3.8, 4) is 0 Å². The first-order valence-electron chi connectivity index (χ1n) is 5.87. The van der Waals surface area contributed by atoms with Gasteiger partial charge in [0.2, 0.25) is 0 Å². The van der Waals surface area contributed by atoms with Crippen molar-refractivity contribution < 1.29 is 9.13 Å². The Morgan fingerprint density at radius 3 is 2.53 bits per heavy atom. The van der Waals surface area contributed by atoms with Crippen LogP contribution in [0.5, 0.6) is 0 Å². The van der Waals surface area contributed by atoms with E-state index in [1.807, 2.05) is 6.07 Å². The van der Waals surface area contributed by atoms with Gasteiger partial charge in [-0.15, -0.1) is 0 Å². The second kappa shape index (κ2) is 3.77. The van der Waals surface area contributed by atoms with E-state index < -0.39 is 0 Å². The molecule has 0 spiro atoms. The summed E-state index contributed by atoms with van der Waals surface area (Å²) in [6.45, 7) is 1.80. The summed E-state index contributed by atoms with van der Waals surface area (Å²) in [4.78, 5) is 0. The lowest BCUT2D eigenvalue weighted by Gasteiger charge is -2.48. The molecule has 1 heterocycles. The van der Waals surface area contributed by atoms with Crippen molar-refractivity contribution in [1.82, 2.24) is 0 Å². The normalized spacial score (nSPS) is 24.2. The molecule has 2 nitrogen and oxygen atoms in total. The first-order valence-corrected chi connectivity index (χ1v) is 6.66. The summed E-state index contributed by atoms with van der Waals surface area (Å²) in [5.74, 6) is -0.142. The van der Waals surface area contributed by atoms with Crippen LogP contribution >= 0.6 is 15.9 Å². The fourth-order valence-corrected chi connectivity index (χ4v) is 3.31. The maximum atomic E-state index is 14.1. The van der Waals surface area contributed by atoms with Gasteiger partial charge in [0, 0.05) is 10.0 Å². The molecule has 92 valence electrons. The van der Waals surface area contributed by atoms with Crippen LogP contribution < -0.4 is 5.73 Å². The molecule has 0 bridgehead atoms. The topological polar surface area (TPSA) is 35.2 Å². The van der Waals surface area contributed by atoms with E-state index in [4.69, 9.17) is 10.5 Å². The molecule has 1 aliphatic carbocycles. The average Bonchev–Trinajstić information content (AvgIpc) is 3.03. The quantitative estimate of drug-likeness (QED) is 0.931. The zero-order chi connectivity index (χ0) is 12.1. The maximum absolute atomic E-state index is 14.1. The highest BCUT2D eigenvalue weighted by atomic mass is 79.9. The first-order chi connectivity index (χ1) is 8.13. The Morgan fingerprint density at radius 1 is 1.35 bits per heavy atom. The van der Waals surface area contributed by atoms with Crippen molar-refractivity contribution in [2.45, 2.75) is 18.3 Å². The molecule has 2 aliphatic rings. The molecule has 0 unspecified atom stereocenters. The lowest BCUT2D eigenvalue weighted by molar-refractivity contribution is -0.0988. The second-order valence-corrected chi connectivity index (χ2v) is 6.10. The van der Waals surface area contributed by atoms with E-state index in [1.165, 1.54) is 6.07 Å². The van der Waals surface area contributed by atoms with E-state index in [2.05, 4.69) is 15.9 Å². The lowest BCUT2D eigenvalue weighted by Crippen LogP contribution is -2.56. The highest BCUT2D eigenvalue weighted by Crippen LogP contribution is 2.62. The predicted octanol–water partition coefficient (Wildman–Crippen LogP) is 2.60. The van der Waals surface area contributed by atoms with Gasteiger partial charge in [0.15, 0.2) is 0 Å². The first kappa shape index (κ1) is 11.6. The van der Waals surface area contributed by atoms with Crippen LogP contribution in [-0.2, 0) is 10.2 Å². The third-order valence-corrected chi connectivity index (χ3v) is 4.89. The van der Waals surface area contributed by atoms with Crippen LogP contribution in [0.15, 0.2) is 22.7 Å². The molecular weight excluding hydrogens is 285 g/mol. The van der Waals surface area contributed by atoms with Crippen LogP contribution in [-0.4, -0.2) is 19.8 Å². The van der Waals surface area contributed by atoms with Crippen LogP contribution in [0.4, 0.5) is 4.39 Å². The summed E-state index contributed by atoms with van der Waals surface area (Å²) in [6, 6.07) is 5.13. The average molecular weight is 300 g/mol. The molecule has 2 N–H and O–H groups in total. The van der Waals surface area contributed by atoms with Crippen LogP contribution in [0, 0.1) is 11.2 Å². The highest BCUT2D eigenvalue weighted by molar-refractivity contribution is 9.10. The Labute approximate surface area is 108 Å². The van der Waals surface area contributed by atoms with E-state index >= 15 is 0 Å². The minimum atomic E-state index is -0.199. The van der Waals surface area contributed by atoms with Crippen LogP contribution in [0.2, 0.25) is 0 Å². The van der Waals surface area contributed by atoms with Gasteiger partial charge in [0.25, 0.3) is 0 Å². The van der Waals surface area contributed by atoms with Crippen molar-refractivity contribution >= 4 is 15.9 Å². The number of benzene rings is 1. The van der Waals surface area contributed by atoms with E-state index in [9.17, 15) is 4.39 Å². The summed E-state index contributed by atoms with van der Waals surface area (Å²) >= 11 is 3.41. The molecule has 1 saturated carbocycles. The molecule has 0 atom stereocenters. The Morgan fingerprint density at radius 2 is 2.06 bits per heavy atom. The monoisotopic (exact) mass is 299 g/mol. The lowest BCUT2D eigenvalue weighted by atomic mass is 9.66. The van der Waals surface area contributed by atoms with Gasteiger partial charge < -0.3 is 10.5 Å². The fourth-order valence-electron chi connectivity index (χ4n) is 2.95. The zero-order valence-corrected chi connectivity index (χ0v) is 11.1. The van der Waals surface area contributed by atoms with Crippen molar-refractivity contribution in [2.24, 2.45) is 11.1 Å². The van der Waals surface area contributed by atoms with Gasteiger partial charge in [0.1, 0.15) is 5.82 Å². The number of halogens is 2. The Bertz CT molecular complexity index is 455. The minimum absolute atomic E-state index is 0.0624. The number of ether oxygens (including phenoxy) is 1. The largest absolute Gasteiger partial charge is 0.379 e. The molecule has 1 aromatic rings. The highest BCUT2D eigenvalue weighted by Gasteiger charge is 2.63. The summed E-state index contributed by atoms with van der Waals surface area (Å²) in [6.07, 6.45) is 2.16. The van der Waals surface area contributed by atoms with E-state index in [-0.39, 0.29) is 16.6 Å². The Hall–Kier alpha value is -0.450. The van der Waals surface area contributed by atoms with Gasteiger partial charge in [-0.05, 0) is 43.0 Å². The molecule has 4 heteroatoms. The van der Waals surface area contributed by atoms with Crippen LogP contribution in [0.25, 0.3) is 0 Å². The molecule has 3 rings (SSSR count). The Balaban J connectivity index is 2.09. The van der Waals surface area contributed by atoms with Crippen molar-refractivity contribution in [3.63, 3.8) is 0 Å². The summed E-state index contributed by atoms with van der Waals surface area (Å²) < 4.78 is 20.4. The molecular formula is C13H15BrFNO. The van der Waals surface area contributed by atoms with E-state index in [0.717, 1.165) is 22.9 Å². The maximum Gasteiger partial charge on any atom is 0.127 e. The van der Waals surface area contributed by atoms with Gasteiger partial charge in [-0.25, -0.2) is 4.39 Å². The van der Waals surface area contributed by atoms with Gasteiger partial charge in [-0.1, -0.05) is 15.9 Å². The molecule has 17 heavy (non-hydrogen) atoms. The fraction of sp³-hybridized carbons (Fsp3) is 0.538. The number of hydrogen-bond donors (Lipinski definition) is 1. The molecule has 0 aromatic heterocycles. The predicted molar refractivity (Wildman–Crippen MR) is 67.3 cm³/mol. The minimum Gasteiger partial charge on any atom is -0.379 e. The Kier molecular flexibility index (Phi) is 2.58. The van der Waals surface area contributed by atoms with Gasteiger partial charge in [-0.2, -0.15) is 0 Å². The third-order valence-electron chi connectivity index (χ3n) is 4.40. The molecule has 0 radical (unpaired) electrons. The SMILES string of the molecule is NCC1(C2(c3cc(Br)ccc3F)COC2)CC1. The van der Waals surface area contributed by atoms with Crippen molar-refractivity contribution in [3.05, 3.63) is 34.1 Å².